The number of benzene rings is 4. The Hall–Kier alpha value is -3.36. The molecule has 0 bridgehead atoms. The standard InChI is InChI=1S/C34H37NO5/c36-35-21-32(38-23-28-15-7-2-8-16-28)34(40-25-30-19-11-4-12-20-30)33(39-24-29-17-9-3-10-18-29)31(35)26-37-22-27-13-5-1-6-14-27/h1-20,31-34,36H,21-26H2/t31-,32-,33-,34-/m1/s1. The first-order chi connectivity index (χ1) is 19.8. The van der Waals surface area contributed by atoms with Crippen molar-refractivity contribution in [1.82, 2.24) is 5.06 Å². The van der Waals surface area contributed by atoms with E-state index in [9.17, 15) is 5.21 Å². The Bertz CT molecular complexity index is 1240. The zero-order valence-electron chi connectivity index (χ0n) is 22.6. The monoisotopic (exact) mass is 539 g/mol. The van der Waals surface area contributed by atoms with Crippen LogP contribution in [0.25, 0.3) is 0 Å². The van der Waals surface area contributed by atoms with E-state index in [-0.39, 0.29) is 13.2 Å². The van der Waals surface area contributed by atoms with Gasteiger partial charge in [0.25, 0.3) is 0 Å². The summed E-state index contributed by atoms with van der Waals surface area (Å²) in [5, 5.41) is 12.5. The lowest BCUT2D eigenvalue weighted by molar-refractivity contribution is -0.273. The van der Waals surface area contributed by atoms with Gasteiger partial charge in [-0.05, 0) is 22.3 Å². The molecule has 0 radical (unpaired) electrons. The van der Waals surface area contributed by atoms with Gasteiger partial charge in [0, 0.05) is 0 Å². The maximum Gasteiger partial charge on any atom is 0.113 e. The van der Waals surface area contributed by atoms with Gasteiger partial charge in [0.15, 0.2) is 0 Å². The lowest BCUT2D eigenvalue weighted by Gasteiger charge is -2.45. The number of piperidine rings is 1. The predicted octanol–water partition coefficient (Wildman–Crippen LogP) is 6.03. The number of hydrogen-bond acceptors (Lipinski definition) is 6. The molecule has 1 aliphatic rings. The van der Waals surface area contributed by atoms with E-state index in [1.807, 2.05) is 121 Å². The van der Waals surface area contributed by atoms with Crippen LogP contribution in [-0.4, -0.2) is 47.8 Å². The first kappa shape index (κ1) is 28.2. The van der Waals surface area contributed by atoms with Gasteiger partial charge in [-0.1, -0.05) is 121 Å². The van der Waals surface area contributed by atoms with E-state index in [1.165, 1.54) is 5.06 Å². The fraction of sp³-hybridized carbons (Fsp3) is 0.294. The summed E-state index contributed by atoms with van der Waals surface area (Å²) in [4.78, 5) is 0. The maximum atomic E-state index is 11.2. The molecule has 4 aromatic rings. The molecule has 6 heteroatoms. The third-order valence-corrected chi connectivity index (χ3v) is 7.10. The van der Waals surface area contributed by atoms with E-state index >= 15 is 0 Å². The summed E-state index contributed by atoms with van der Waals surface area (Å²) in [7, 11) is 0. The lowest BCUT2D eigenvalue weighted by Crippen LogP contribution is -2.63. The largest absolute Gasteiger partial charge is 0.375 e. The summed E-state index contributed by atoms with van der Waals surface area (Å²) in [5.41, 5.74) is 4.24. The molecular formula is C34H37NO5. The molecule has 4 aromatic carbocycles. The summed E-state index contributed by atoms with van der Waals surface area (Å²) in [5.74, 6) is 0. The molecule has 208 valence electrons. The average Bonchev–Trinajstić information content (AvgIpc) is 3.01. The van der Waals surface area contributed by atoms with Gasteiger partial charge in [-0.25, -0.2) is 0 Å². The van der Waals surface area contributed by atoms with Crippen LogP contribution in [0.2, 0.25) is 0 Å². The fourth-order valence-corrected chi connectivity index (χ4v) is 4.94. The van der Waals surface area contributed by atoms with Crippen molar-refractivity contribution in [1.29, 1.82) is 0 Å². The van der Waals surface area contributed by atoms with E-state index in [1.54, 1.807) is 0 Å². The summed E-state index contributed by atoms with van der Waals surface area (Å²) in [6.45, 7) is 2.19. The minimum absolute atomic E-state index is 0.275. The fourth-order valence-electron chi connectivity index (χ4n) is 4.94. The van der Waals surface area contributed by atoms with E-state index in [2.05, 4.69) is 0 Å². The van der Waals surface area contributed by atoms with E-state index in [0.29, 0.717) is 26.4 Å². The molecule has 1 heterocycles. The Kier molecular flexibility index (Phi) is 10.5. The minimum atomic E-state index is -0.501. The molecule has 0 saturated carbocycles. The van der Waals surface area contributed by atoms with Crippen LogP contribution >= 0.6 is 0 Å². The average molecular weight is 540 g/mol. The molecule has 4 atom stereocenters. The van der Waals surface area contributed by atoms with Gasteiger partial charge in [0.05, 0.1) is 45.6 Å². The summed E-state index contributed by atoms with van der Waals surface area (Å²) < 4.78 is 25.6. The predicted molar refractivity (Wildman–Crippen MR) is 153 cm³/mol. The van der Waals surface area contributed by atoms with Gasteiger partial charge in [-0.2, -0.15) is 5.06 Å². The zero-order valence-corrected chi connectivity index (χ0v) is 22.6. The van der Waals surface area contributed by atoms with Crippen molar-refractivity contribution in [2.75, 3.05) is 13.2 Å². The quantitative estimate of drug-likeness (QED) is 0.224. The lowest BCUT2D eigenvalue weighted by atomic mass is 9.94. The highest BCUT2D eigenvalue weighted by Gasteiger charge is 2.46. The second kappa shape index (κ2) is 14.9. The normalized spacial score (nSPS) is 21.3. The van der Waals surface area contributed by atoms with Gasteiger partial charge in [-0.3, -0.25) is 0 Å². The minimum Gasteiger partial charge on any atom is -0.375 e. The van der Waals surface area contributed by atoms with Crippen LogP contribution in [-0.2, 0) is 45.4 Å². The molecule has 6 nitrogen and oxygen atoms in total. The SMILES string of the molecule is ON1C[C@@H](OCc2ccccc2)[C@@H](OCc2ccccc2)[C@H](OCc2ccccc2)[C@H]1COCc1ccccc1. The van der Waals surface area contributed by atoms with E-state index in [4.69, 9.17) is 18.9 Å². The van der Waals surface area contributed by atoms with Gasteiger partial charge >= 0.3 is 0 Å². The van der Waals surface area contributed by atoms with Crippen LogP contribution in [0.3, 0.4) is 0 Å². The molecule has 5 rings (SSSR count). The Morgan fingerprint density at radius 3 is 1.40 bits per heavy atom. The summed E-state index contributed by atoms with van der Waals surface area (Å²) >= 11 is 0. The second-order valence-electron chi connectivity index (χ2n) is 10.0. The third-order valence-electron chi connectivity index (χ3n) is 7.10. The van der Waals surface area contributed by atoms with Crippen molar-refractivity contribution in [3.63, 3.8) is 0 Å². The molecule has 1 fully saturated rings. The molecular weight excluding hydrogens is 502 g/mol. The molecule has 1 saturated heterocycles. The summed E-state index contributed by atoms with van der Waals surface area (Å²) in [6, 6.07) is 39.7. The van der Waals surface area contributed by atoms with Crippen molar-refractivity contribution >= 4 is 0 Å². The number of rotatable bonds is 13. The van der Waals surface area contributed by atoms with Gasteiger partial charge in [0.1, 0.15) is 18.3 Å². The molecule has 0 amide bonds. The third kappa shape index (κ3) is 8.08. The van der Waals surface area contributed by atoms with Crippen molar-refractivity contribution < 1.29 is 24.2 Å². The Balaban J connectivity index is 1.36. The molecule has 0 aliphatic carbocycles. The van der Waals surface area contributed by atoms with Crippen LogP contribution in [0, 0.1) is 0 Å². The first-order valence-corrected chi connectivity index (χ1v) is 13.8. The zero-order chi connectivity index (χ0) is 27.4. The smallest absolute Gasteiger partial charge is 0.113 e. The highest BCUT2D eigenvalue weighted by atomic mass is 16.6. The first-order valence-electron chi connectivity index (χ1n) is 13.8. The van der Waals surface area contributed by atoms with Gasteiger partial charge in [0.2, 0.25) is 0 Å². The molecule has 0 spiro atoms. The van der Waals surface area contributed by atoms with Gasteiger partial charge < -0.3 is 24.2 Å². The molecule has 1 aliphatic heterocycles. The Morgan fingerprint density at radius 2 is 0.925 bits per heavy atom. The van der Waals surface area contributed by atoms with E-state index in [0.717, 1.165) is 22.3 Å². The number of ether oxygens (including phenoxy) is 4. The van der Waals surface area contributed by atoms with Crippen LogP contribution in [0.4, 0.5) is 0 Å². The highest BCUT2D eigenvalue weighted by molar-refractivity contribution is 5.16. The summed E-state index contributed by atoms with van der Waals surface area (Å²) in [6.07, 6.45) is -1.35. The molecule has 0 unspecified atom stereocenters. The number of hydrogen-bond donors (Lipinski definition) is 1. The number of nitrogens with zero attached hydrogens (tertiary/aromatic N) is 1. The molecule has 0 aromatic heterocycles. The Labute approximate surface area is 236 Å². The van der Waals surface area contributed by atoms with Crippen LogP contribution in [0.1, 0.15) is 22.3 Å². The van der Waals surface area contributed by atoms with E-state index < -0.39 is 24.4 Å². The van der Waals surface area contributed by atoms with Crippen molar-refractivity contribution in [2.45, 2.75) is 50.8 Å². The second-order valence-corrected chi connectivity index (χ2v) is 10.0. The van der Waals surface area contributed by atoms with Crippen molar-refractivity contribution in [2.24, 2.45) is 0 Å². The van der Waals surface area contributed by atoms with Crippen molar-refractivity contribution in [3.8, 4) is 0 Å². The number of hydroxylamine groups is 2. The van der Waals surface area contributed by atoms with Crippen molar-refractivity contribution in [3.05, 3.63) is 144 Å². The Morgan fingerprint density at radius 1 is 0.525 bits per heavy atom. The maximum absolute atomic E-state index is 11.2. The molecule has 1 N–H and O–H groups in total. The highest BCUT2D eigenvalue weighted by Crippen LogP contribution is 2.28. The van der Waals surface area contributed by atoms with Crippen LogP contribution in [0.15, 0.2) is 121 Å². The molecule has 40 heavy (non-hydrogen) atoms. The van der Waals surface area contributed by atoms with Crippen LogP contribution in [0.5, 0.6) is 0 Å². The van der Waals surface area contributed by atoms with Crippen LogP contribution < -0.4 is 0 Å². The topological polar surface area (TPSA) is 60.4 Å². The van der Waals surface area contributed by atoms with Gasteiger partial charge in [-0.15, -0.1) is 0 Å².